The van der Waals surface area contributed by atoms with Gasteiger partial charge < -0.3 is 14.8 Å². The van der Waals surface area contributed by atoms with Crippen molar-refractivity contribution in [1.82, 2.24) is 5.32 Å². The molecule has 0 heterocycles. The second-order valence-electron chi connectivity index (χ2n) is 5.02. The number of hydrogen-bond acceptors (Lipinski definition) is 3. The molecule has 0 aromatic heterocycles. The zero-order valence-corrected chi connectivity index (χ0v) is 14.5. The van der Waals surface area contributed by atoms with Crippen LogP contribution in [0.25, 0.3) is 6.08 Å². The van der Waals surface area contributed by atoms with Gasteiger partial charge in [-0.25, -0.2) is 0 Å². The lowest BCUT2D eigenvalue weighted by Crippen LogP contribution is -2.28. The molecule has 0 aliphatic heterocycles. The van der Waals surface area contributed by atoms with E-state index in [2.05, 4.69) is 5.32 Å². The molecule has 126 valence electrons. The van der Waals surface area contributed by atoms with E-state index in [1.807, 2.05) is 37.3 Å². The van der Waals surface area contributed by atoms with Gasteiger partial charge in [0.25, 0.3) is 5.91 Å². The second kappa shape index (κ2) is 8.99. The van der Waals surface area contributed by atoms with E-state index in [-0.39, 0.29) is 5.91 Å². The maximum Gasteiger partial charge on any atom is 0.251 e. The molecule has 1 amide bonds. The Labute approximate surface area is 147 Å². The Morgan fingerprint density at radius 2 is 1.92 bits per heavy atom. The van der Waals surface area contributed by atoms with Crippen molar-refractivity contribution < 1.29 is 14.3 Å². The zero-order chi connectivity index (χ0) is 17.4. The summed E-state index contributed by atoms with van der Waals surface area (Å²) in [6.07, 6.45) is 3.94. The number of carbonyl (C=O) groups excluding carboxylic acids is 1. The van der Waals surface area contributed by atoms with Crippen LogP contribution >= 0.6 is 11.6 Å². The summed E-state index contributed by atoms with van der Waals surface area (Å²) in [6.45, 7) is 2.69. The summed E-state index contributed by atoms with van der Waals surface area (Å²) in [7, 11) is 1.60. The van der Waals surface area contributed by atoms with E-state index in [4.69, 9.17) is 21.1 Å². The summed E-state index contributed by atoms with van der Waals surface area (Å²) < 4.78 is 11.0. The van der Waals surface area contributed by atoms with Gasteiger partial charge in [-0.1, -0.05) is 29.8 Å². The van der Waals surface area contributed by atoms with Gasteiger partial charge in [0.05, 0.1) is 13.7 Å². The van der Waals surface area contributed by atoms with E-state index in [9.17, 15) is 4.79 Å². The van der Waals surface area contributed by atoms with Gasteiger partial charge in [0.1, 0.15) is 6.61 Å². The van der Waals surface area contributed by atoms with Crippen LogP contribution in [0.2, 0.25) is 5.02 Å². The Kier molecular flexibility index (Phi) is 6.70. The first-order valence-corrected chi connectivity index (χ1v) is 7.99. The van der Waals surface area contributed by atoms with Crippen LogP contribution in [0.5, 0.6) is 11.5 Å². The molecule has 2 aromatic carbocycles. The molecule has 0 radical (unpaired) electrons. The fourth-order valence-electron chi connectivity index (χ4n) is 2.13. The highest BCUT2D eigenvalue weighted by Gasteiger charge is 2.07. The maximum absolute atomic E-state index is 12.0. The molecule has 0 atom stereocenters. The second-order valence-corrected chi connectivity index (χ2v) is 5.46. The third-order valence-corrected chi connectivity index (χ3v) is 3.55. The van der Waals surface area contributed by atoms with E-state index in [0.29, 0.717) is 35.2 Å². The molecule has 24 heavy (non-hydrogen) atoms. The van der Waals surface area contributed by atoms with Crippen LogP contribution in [-0.2, 0) is 0 Å². The molecule has 0 bridgehead atoms. The number of nitrogens with one attached hydrogen (secondary N) is 1. The van der Waals surface area contributed by atoms with Crippen molar-refractivity contribution >= 4 is 23.6 Å². The first kappa shape index (κ1) is 17.9. The third kappa shape index (κ3) is 5.03. The Hall–Kier alpha value is -2.46. The first-order valence-electron chi connectivity index (χ1n) is 7.61. The first-order chi connectivity index (χ1) is 11.6. The van der Waals surface area contributed by atoms with Gasteiger partial charge in [-0.05, 0) is 48.9 Å². The number of benzene rings is 2. The Balaban J connectivity index is 1.85. The van der Waals surface area contributed by atoms with E-state index in [0.717, 1.165) is 5.56 Å². The molecule has 1 N–H and O–H groups in total. The van der Waals surface area contributed by atoms with E-state index >= 15 is 0 Å². The SMILES string of the molecule is C/C=C/c1ccc(OCCNC(=O)c2ccc(Cl)cc2)c(OC)c1. The molecule has 4 nitrogen and oxygen atoms in total. The molecule has 0 fully saturated rings. The maximum atomic E-state index is 12.0. The molecule has 5 heteroatoms. The number of ether oxygens (including phenoxy) is 2. The Morgan fingerprint density at radius 3 is 2.58 bits per heavy atom. The van der Waals surface area contributed by atoms with Crippen LogP contribution < -0.4 is 14.8 Å². The lowest BCUT2D eigenvalue weighted by Gasteiger charge is -2.12. The zero-order valence-electron chi connectivity index (χ0n) is 13.7. The highest BCUT2D eigenvalue weighted by atomic mass is 35.5. The van der Waals surface area contributed by atoms with Crippen molar-refractivity contribution in [3.8, 4) is 11.5 Å². The van der Waals surface area contributed by atoms with Crippen LogP contribution in [0.3, 0.4) is 0 Å². The van der Waals surface area contributed by atoms with Crippen LogP contribution in [0, 0.1) is 0 Å². The lowest BCUT2D eigenvalue weighted by molar-refractivity contribution is 0.0947. The van der Waals surface area contributed by atoms with E-state index in [1.165, 1.54) is 0 Å². The molecule has 0 aliphatic carbocycles. The molecule has 0 saturated heterocycles. The minimum absolute atomic E-state index is 0.161. The molecule has 0 saturated carbocycles. The fraction of sp³-hybridized carbons (Fsp3) is 0.211. The summed E-state index contributed by atoms with van der Waals surface area (Å²) >= 11 is 5.80. The van der Waals surface area contributed by atoms with Crippen molar-refractivity contribution in [3.05, 3.63) is 64.7 Å². The summed E-state index contributed by atoms with van der Waals surface area (Å²) in [5.41, 5.74) is 1.60. The summed E-state index contributed by atoms with van der Waals surface area (Å²) in [4.78, 5) is 12.0. The molecule has 0 unspecified atom stereocenters. The molecule has 2 aromatic rings. The number of methoxy groups -OCH3 is 1. The van der Waals surface area contributed by atoms with Crippen molar-refractivity contribution in [3.63, 3.8) is 0 Å². The Bertz CT molecular complexity index is 711. The number of halogens is 1. The van der Waals surface area contributed by atoms with Gasteiger partial charge in [-0.15, -0.1) is 0 Å². The summed E-state index contributed by atoms with van der Waals surface area (Å²) in [5, 5.41) is 3.40. The molecular formula is C19H20ClNO3. The predicted molar refractivity (Wildman–Crippen MR) is 97.0 cm³/mol. The molecular weight excluding hydrogens is 326 g/mol. The number of rotatable bonds is 7. The average molecular weight is 346 g/mol. The van der Waals surface area contributed by atoms with Crippen LogP contribution in [0.1, 0.15) is 22.8 Å². The molecule has 2 rings (SSSR count). The minimum atomic E-state index is -0.161. The van der Waals surface area contributed by atoms with Crippen molar-refractivity contribution in [2.75, 3.05) is 20.3 Å². The summed E-state index contributed by atoms with van der Waals surface area (Å²) in [6, 6.07) is 12.4. The van der Waals surface area contributed by atoms with Gasteiger partial charge in [0, 0.05) is 10.6 Å². The average Bonchev–Trinajstić information content (AvgIpc) is 2.60. The largest absolute Gasteiger partial charge is 0.493 e. The number of allylic oxidation sites excluding steroid dienone is 1. The monoisotopic (exact) mass is 345 g/mol. The lowest BCUT2D eigenvalue weighted by atomic mass is 10.2. The van der Waals surface area contributed by atoms with E-state index < -0.39 is 0 Å². The van der Waals surface area contributed by atoms with Gasteiger partial charge in [0.2, 0.25) is 0 Å². The van der Waals surface area contributed by atoms with Crippen molar-refractivity contribution in [1.29, 1.82) is 0 Å². The topological polar surface area (TPSA) is 47.6 Å². The third-order valence-electron chi connectivity index (χ3n) is 3.30. The smallest absolute Gasteiger partial charge is 0.251 e. The van der Waals surface area contributed by atoms with Crippen molar-refractivity contribution in [2.45, 2.75) is 6.92 Å². The van der Waals surface area contributed by atoms with Crippen LogP contribution in [0.15, 0.2) is 48.5 Å². The van der Waals surface area contributed by atoms with E-state index in [1.54, 1.807) is 31.4 Å². The predicted octanol–water partition coefficient (Wildman–Crippen LogP) is 4.19. The van der Waals surface area contributed by atoms with Gasteiger partial charge in [0.15, 0.2) is 11.5 Å². The normalized spacial score (nSPS) is 10.6. The minimum Gasteiger partial charge on any atom is -0.493 e. The highest BCUT2D eigenvalue weighted by Crippen LogP contribution is 2.28. The summed E-state index contributed by atoms with van der Waals surface area (Å²) in [5.74, 6) is 1.15. The number of hydrogen-bond donors (Lipinski definition) is 1. The van der Waals surface area contributed by atoms with Gasteiger partial charge in [-0.3, -0.25) is 4.79 Å². The van der Waals surface area contributed by atoms with Crippen LogP contribution in [-0.4, -0.2) is 26.2 Å². The highest BCUT2D eigenvalue weighted by molar-refractivity contribution is 6.30. The standard InChI is InChI=1S/C19H20ClNO3/c1-3-4-14-5-10-17(18(13-14)23-2)24-12-11-21-19(22)15-6-8-16(20)9-7-15/h3-10,13H,11-12H2,1-2H3,(H,21,22)/b4-3+. The Morgan fingerprint density at radius 1 is 1.17 bits per heavy atom. The van der Waals surface area contributed by atoms with Gasteiger partial charge >= 0.3 is 0 Å². The quantitative estimate of drug-likeness (QED) is 0.765. The fourth-order valence-corrected chi connectivity index (χ4v) is 2.25. The number of carbonyl (C=O) groups is 1. The van der Waals surface area contributed by atoms with Gasteiger partial charge in [-0.2, -0.15) is 0 Å². The van der Waals surface area contributed by atoms with Crippen molar-refractivity contribution in [2.24, 2.45) is 0 Å². The van der Waals surface area contributed by atoms with Crippen LogP contribution in [0.4, 0.5) is 0 Å². The molecule has 0 aliphatic rings. The molecule has 0 spiro atoms. The number of amides is 1.